The van der Waals surface area contributed by atoms with Gasteiger partial charge in [-0.3, -0.25) is 0 Å². The van der Waals surface area contributed by atoms with Crippen LogP contribution >= 0.6 is 0 Å². The van der Waals surface area contributed by atoms with Crippen molar-refractivity contribution in [3.8, 4) is 5.75 Å². The lowest BCUT2D eigenvalue weighted by atomic mass is 10.1. The summed E-state index contributed by atoms with van der Waals surface area (Å²) < 4.78 is 35.5. The first kappa shape index (κ1) is 13.3. The third-order valence-electron chi connectivity index (χ3n) is 3.18. The van der Waals surface area contributed by atoms with Crippen LogP contribution in [0.4, 0.5) is 4.39 Å². The number of hydrogen-bond acceptors (Lipinski definition) is 4. The Bertz CT molecular complexity index is 516. The highest BCUT2D eigenvalue weighted by molar-refractivity contribution is 7.91. The fourth-order valence-electron chi connectivity index (χ4n) is 2.04. The van der Waals surface area contributed by atoms with Gasteiger partial charge in [0.1, 0.15) is 21.4 Å². The molecule has 0 aromatic heterocycles. The number of sulfone groups is 1. The number of rotatable bonds is 3. The molecule has 2 rings (SSSR count). The molecule has 1 aliphatic heterocycles. The van der Waals surface area contributed by atoms with Crippen LogP contribution in [-0.4, -0.2) is 31.1 Å². The van der Waals surface area contributed by atoms with E-state index in [0.29, 0.717) is 24.9 Å². The molecule has 0 bridgehead atoms. The van der Waals surface area contributed by atoms with Crippen molar-refractivity contribution in [2.75, 3.05) is 11.5 Å². The molecular formula is C12H16FNO3S. The van der Waals surface area contributed by atoms with Crippen LogP contribution in [0, 0.1) is 5.82 Å². The fraction of sp³-hybridized carbons (Fsp3) is 0.500. The van der Waals surface area contributed by atoms with E-state index in [9.17, 15) is 17.9 Å². The second kappa shape index (κ2) is 5.24. The third-order valence-corrected chi connectivity index (χ3v) is 4.89. The maximum atomic E-state index is 13.0. The quantitative estimate of drug-likeness (QED) is 0.868. The number of phenolic OH excluding ortho intramolecular Hbond substituents is 1. The average Bonchev–Trinajstić information content (AvgIpc) is 2.32. The number of aromatic hydroxyl groups is 1. The third kappa shape index (κ3) is 3.43. The van der Waals surface area contributed by atoms with E-state index >= 15 is 0 Å². The van der Waals surface area contributed by atoms with Gasteiger partial charge in [-0.2, -0.15) is 0 Å². The molecule has 0 saturated carbocycles. The van der Waals surface area contributed by atoms with E-state index in [1.54, 1.807) is 0 Å². The van der Waals surface area contributed by atoms with Crippen molar-refractivity contribution < 1.29 is 17.9 Å². The second-order valence-corrected chi connectivity index (χ2v) is 6.88. The molecule has 0 aliphatic carbocycles. The van der Waals surface area contributed by atoms with E-state index in [4.69, 9.17) is 0 Å². The van der Waals surface area contributed by atoms with Gasteiger partial charge in [0.15, 0.2) is 0 Å². The molecule has 0 amide bonds. The molecule has 0 atom stereocenters. The van der Waals surface area contributed by atoms with Gasteiger partial charge in [-0.05, 0) is 31.0 Å². The highest BCUT2D eigenvalue weighted by Crippen LogP contribution is 2.19. The molecule has 1 aromatic rings. The standard InChI is InChI=1S/C12H16FNO3S/c13-10-1-2-12(15)9(7-10)8-14-11-3-5-18(16,17)6-4-11/h1-2,7,11,14-15H,3-6,8H2. The number of hydrogen-bond donors (Lipinski definition) is 2. The zero-order valence-electron chi connectivity index (χ0n) is 9.89. The van der Waals surface area contributed by atoms with Crippen LogP contribution in [-0.2, 0) is 16.4 Å². The predicted octanol–water partition coefficient (Wildman–Crippen LogP) is 1.20. The highest BCUT2D eigenvalue weighted by atomic mass is 32.2. The minimum absolute atomic E-state index is 0.0485. The molecule has 1 aromatic carbocycles. The molecule has 100 valence electrons. The Morgan fingerprint density at radius 2 is 2.00 bits per heavy atom. The smallest absolute Gasteiger partial charge is 0.150 e. The molecule has 4 nitrogen and oxygen atoms in total. The van der Waals surface area contributed by atoms with Gasteiger partial charge in [-0.25, -0.2) is 12.8 Å². The van der Waals surface area contributed by atoms with Gasteiger partial charge in [0.05, 0.1) is 11.5 Å². The summed E-state index contributed by atoms with van der Waals surface area (Å²) in [6, 6.07) is 3.90. The van der Waals surface area contributed by atoms with Gasteiger partial charge in [-0.1, -0.05) is 0 Å². The Morgan fingerprint density at radius 1 is 1.33 bits per heavy atom. The summed E-state index contributed by atoms with van der Waals surface area (Å²) in [5.41, 5.74) is 0.489. The molecular weight excluding hydrogens is 257 g/mol. The predicted molar refractivity (Wildman–Crippen MR) is 66.6 cm³/mol. The first-order chi connectivity index (χ1) is 8.46. The van der Waals surface area contributed by atoms with Crippen molar-refractivity contribution in [1.29, 1.82) is 0 Å². The lowest BCUT2D eigenvalue weighted by Gasteiger charge is -2.23. The Hall–Kier alpha value is -1.14. The van der Waals surface area contributed by atoms with Crippen LogP contribution in [0.25, 0.3) is 0 Å². The van der Waals surface area contributed by atoms with Gasteiger partial charge in [0.25, 0.3) is 0 Å². The van der Waals surface area contributed by atoms with Crippen molar-refractivity contribution in [3.05, 3.63) is 29.6 Å². The van der Waals surface area contributed by atoms with Gasteiger partial charge in [-0.15, -0.1) is 0 Å². The van der Waals surface area contributed by atoms with Crippen molar-refractivity contribution in [2.24, 2.45) is 0 Å². The second-order valence-electron chi connectivity index (χ2n) is 4.58. The van der Waals surface area contributed by atoms with Crippen LogP contribution in [0.2, 0.25) is 0 Å². The minimum Gasteiger partial charge on any atom is -0.508 e. The molecule has 18 heavy (non-hydrogen) atoms. The van der Waals surface area contributed by atoms with E-state index < -0.39 is 15.7 Å². The molecule has 2 N–H and O–H groups in total. The Balaban J connectivity index is 1.90. The van der Waals surface area contributed by atoms with Crippen LogP contribution in [0.15, 0.2) is 18.2 Å². The molecule has 0 spiro atoms. The number of halogens is 1. The van der Waals surface area contributed by atoms with E-state index in [0.717, 1.165) is 0 Å². The zero-order valence-corrected chi connectivity index (χ0v) is 10.7. The largest absolute Gasteiger partial charge is 0.508 e. The lowest BCUT2D eigenvalue weighted by Crippen LogP contribution is -2.37. The Morgan fingerprint density at radius 3 is 2.67 bits per heavy atom. The topological polar surface area (TPSA) is 66.4 Å². The molecule has 1 aliphatic rings. The van der Waals surface area contributed by atoms with Crippen LogP contribution < -0.4 is 5.32 Å². The normalized spacial score (nSPS) is 19.8. The molecule has 6 heteroatoms. The number of phenols is 1. The summed E-state index contributed by atoms with van der Waals surface area (Å²) in [4.78, 5) is 0. The molecule has 0 unspecified atom stereocenters. The van der Waals surface area contributed by atoms with Crippen molar-refractivity contribution in [2.45, 2.75) is 25.4 Å². The van der Waals surface area contributed by atoms with Gasteiger partial charge in [0.2, 0.25) is 0 Å². The molecule has 0 radical (unpaired) electrons. The summed E-state index contributed by atoms with van der Waals surface area (Å²) in [7, 11) is -2.86. The zero-order chi connectivity index (χ0) is 13.2. The van der Waals surface area contributed by atoms with Crippen LogP contribution in [0.1, 0.15) is 18.4 Å². The summed E-state index contributed by atoms with van der Waals surface area (Å²) in [5.74, 6) is 0.0442. The van der Waals surface area contributed by atoms with Crippen LogP contribution in [0.5, 0.6) is 5.75 Å². The number of benzene rings is 1. The van der Waals surface area contributed by atoms with E-state index in [1.807, 2.05) is 0 Å². The summed E-state index contributed by atoms with van der Waals surface area (Å²) >= 11 is 0. The van der Waals surface area contributed by atoms with E-state index in [-0.39, 0.29) is 23.3 Å². The summed E-state index contributed by atoms with van der Waals surface area (Å²) in [6.07, 6.45) is 1.14. The number of nitrogens with one attached hydrogen (secondary N) is 1. The fourth-order valence-corrected chi connectivity index (χ4v) is 3.54. The minimum atomic E-state index is -2.86. The SMILES string of the molecule is O=S1(=O)CCC(NCc2cc(F)ccc2O)CC1. The average molecular weight is 273 g/mol. The van der Waals surface area contributed by atoms with E-state index in [2.05, 4.69) is 5.32 Å². The monoisotopic (exact) mass is 273 g/mol. The van der Waals surface area contributed by atoms with Crippen molar-refractivity contribution in [1.82, 2.24) is 5.32 Å². The maximum Gasteiger partial charge on any atom is 0.150 e. The first-order valence-electron chi connectivity index (χ1n) is 5.87. The summed E-state index contributed by atoms with van der Waals surface area (Å²) in [6.45, 7) is 0.342. The molecule has 1 heterocycles. The van der Waals surface area contributed by atoms with Gasteiger partial charge in [0, 0.05) is 18.2 Å². The van der Waals surface area contributed by atoms with Gasteiger partial charge < -0.3 is 10.4 Å². The van der Waals surface area contributed by atoms with Crippen molar-refractivity contribution >= 4 is 9.84 Å². The first-order valence-corrected chi connectivity index (χ1v) is 7.69. The molecule has 1 fully saturated rings. The Kier molecular flexibility index (Phi) is 3.87. The van der Waals surface area contributed by atoms with Crippen molar-refractivity contribution in [3.63, 3.8) is 0 Å². The van der Waals surface area contributed by atoms with E-state index in [1.165, 1.54) is 18.2 Å². The highest BCUT2D eigenvalue weighted by Gasteiger charge is 2.23. The van der Waals surface area contributed by atoms with Crippen LogP contribution in [0.3, 0.4) is 0 Å². The van der Waals surface area contributed by atoms with Gasteiger partial charge >= 0.3 is 0 Å². The molecule has 1 saturated heterocycles. The Labute approximate surface area is 106 Å². The summed E-state index contributed by atoms with van der Waals surface area (Å²) in [5, 5.41) is 12.7. The lowest BCUT2D eigenvalue weighted by molar-refractivity contribution is 0.438. The maximum absolute atomic E-state index is 13.0.